The van der Waals surface area contributed by atoms with Gasteiger partial charge in [0.2, 0.25) is 0 Å². The van der Waals surface area contributed by atoms with Crippen molar-refractivity contribution in [1.29, 1.82) is 0 Å². The zero-order valence-electron chi connectivity index (χ0n) is 8.44. The van der Waals surface area contributed by atoms with Crippen molar-refractivity contribution in [3.05, 3.63) is 35.4 Å². The van der Waals surface area contributed by atoms with Crippen LogP contribution in [0.5, 0.6) is 0 Å². The second-order valence-electron chi connectivity index (χ2n) is 4.29. The van der Waals surface area contributed by atoms with Crippen LogP contribution < -0.4 is 0 Å². The van der Waals surface area contributed by atoms with Gasteiger partial charge in [-0.05, 0) is 48.4 Å². The van der Waals surface area contributed by atoms with E-state index in [9.17, 15) is 0 Å². The molecule has 0 bridgehead atoms. The van der Waals surface area contributed by atoms with Crippen LogP contribution >= 0.6 is 43.5 Å². The number of hydrogen-bond donors (Lipinski definition) is 0. The zero-order chi connectivity index (χ0) is 11.0. The molecular formula is C11H13Br2Cl. The largest absolute Gasteiger partial charge is 0.178 e. The fourth-order valence-electron chi connectivity index (χ4n) is 1.38. The van der Waals surface area contributed by atoms with E-state index in [0.29, 0.717) is 0 Å². The smallest absolute Gasteiger partial charge is 0.0886 e. The highest BCUT2D eigenvalue weighted by Gasteiger charge is 2.28. The normalized spacial score (nSPS) is 13.0. The SMILES string of the molecule is CC(C)(C)c1ccccc1C(Cl)(Br)Br. The predicted molar refractivity (Wildman–Crippen MR) is 70.5 cm³/mol. The van der Waals surface area contributed by atoms with Gasteiger partial charge in [-0.2, -0.15) is 0 Å². The summed E-state index contributed by atoms with van der Waals surface area (Å²) in [6.45, 7) is 6.53. The first-order valence-corrected chi connectivity index (χ1v) is 6.36. The van der Waals surface area contributed by atoms with Gasteiger partial charge in [-0.1, -0.05) is 56.6 Å². The fourth-order valence-corrected chi connectivity index (χ4v) is 2.24. The molecule has 0 radical (unpaired) electrons. The Morgan fingerprint density at radius 3 is 1.71 bits per heavy atom. The van der Waals surface area contributed by atoms with Gasteiger partial charge in [0.05, 0.1) is 0 Å². The molecule has 0 aliphatic carbocycles. The lowest BCUT2D eigenvalue weighted by molar-refractivity contribution is 0.584. The van der Waals surface area contributed by atoms with Gasteiger partial charge in [-0.3, -0.25) is 0 Å². The van der Waals surface area contributed by atoms with Crippen LogP contribution in [0, 0.1) is 0 Å². The van der Waals surface area contributed by atoms with E-state index in [2.05, 4.69) is 58.7 Å². The third-order valence-corrected chi connectivity index (χ3v) is 3.10. The van der Waals surface area contributed by atoms with Crippen LogP contribution in [0.4, 0.5) is 0 Å². The molecule has 0 aromatic heterocycles. The molecule has 1 aromatic rings. The molecule has 0 aliphatic heterocycles. The summed E-state index contributed by atoms with van der Waals surface area (Å²) in [5, 5.41) is 0. The third kappa shape index (κ3) is 2.98. The average Bonchev–Trinajstić information content (AvgIpc) is 2.01. The summed E-state index contributed by atoms with van der Waals surface area (Å²) in [4.78, 5) is 0. The number of benzene rings is 1. The minimum absolute atomic E-state index is 0.0955. The summed E-state index contributed by atoms with van der Waals surface area (Å²) in [6.07, 6.45) is 0. The van der Waals surface area contributed by atoms with Crippen molar-refractivity contribution in [1.82, 2.24) is 0 Å². The molecule has 0 heterocycles. The number of alkyl halides is 3. The summed E-state index contributed by atoms with van der Waals surface area (Å²) < 4.78 is -0.663. The van der Waals surface area contributed by atoms with Crippen LogP contribution in [-0.2, 0) is 8.11 Å². The van der Waals surface area contributed by atoms with E-state index in [1.165, 1.54) is 5.56 Å². The second-order valence-corrected chi connectivity index (χ2v) is 9.22. The minimum Gasteiger partial charge on any atom is -0.0886 e. The van der Waals surface area contributed by atoms with Crippen molar-refractivity contribution < 1.29 is 0 Å². The van der Waals surface area contributed by atoms with E-state index in [4.69, 9.17) is 11.6 Å². The van der Waals surface area contributed by atoms with Crippen LogP contribution in [0.3, 0.4) is 0 Å². The van der Waals surface area contributed by atoms with Crippen molar-refractivity contribution in [2.24, 2.45) is 0 Å². The molecule has 14 heavy (non-hydrogen) atoms. The standard InChI is InChI=1S/C11H13Br2Cl/c1-10(2,3)8-6-4-5-7-9(8)11(12,13)14/h4-7H,1-3H3. The number of halogens is 3. The monoisotopic (exact) mass is 338 g/mol. The molecule has 0 atom stereocenters. The highest BCUT2D eigenvalue weighted by molar-refractivity contribution is 9.25. The van der Waals surface area contributed by atoms with Gasteiger partial charge < -0.3 is 0 Å². The van der Waals surface area contributed by atoms with E-state index in [1.54, 1.807) is 0 Å². The van der Waals surface area contributed by atoms with Gasteiger partial charge in [0.15, 0.2) is 2.69 Å². The van der Waals surface area contributed by atoms with Crippen molar-refractivity contribution in [3.63, 3.8) is 0 Å². The Balaban J connectivity index is 3.31. The van der Waals surface area contributed by atoms with Crippen molar-refractivity contribution in [2.75, 3.05) is 0 Å². The maximum atomic E-state index is 6.20. The molecule has 1 aromatic carbocycles. The van der Waals surface area contributed by atoms with Gasteiger partial charge in [0, 0.05) is 0 Å². The maximum absolute atomic E-state index is 6.20. The molecule has 3 heteroatoms. The quantitative estimate of drug-likeness (QED) is 0.622. The van der Waals surface area contributed by atoms with Crippen LogP contribution in [0.25, 0.3) is 0 Å². The van der Waals surface area contributed by atoms with Gasteiger partial charge in [-0.25, -0.2) is 0 Å². The molecular weight excluding hydrogens is 327 g/mol. The van der Waals surface area contributed by atoms with Crippen molar-refractivity contribution in [3.8, 4) is 0 Å². The lowest BCUT2D eigenvalue weighted by Gasteiger charge is -2.26. The molecule has 0 N–H and O–H groups in total. The van der Waals surface area contributed by atoms with Gasteiger partial charge in [-0.15, -0.1) is 0 Å². The predicted octanol–water partition coefficient (Wildman–Crippen LogP) is 5.12. The molecule has 0 spiro atoms. The Bertz CT molecular complexity index is 288. The summed E-state index contributed by atoms with van der Waals surface area (Å²) in [7, 11) is 0. The topological polar surface area (TPSA) is 0 Å². The highest BCUT2D eigenvalue weighted by atomic mass is 79.9. The van der Waals surface area contributed by atoms with E-state index < -0.39 is 2.69 Å². The Morgan fingerprint density at radius 1 is 1.00 bits per heavy atom. The van der Waals surface area contributed by atoms with Crippen LogP contribution in [0.1, 0.15) is 31.9 Å². The Hall–Kier alpha value is 0.470. The number of rotatable bonds is 1. The molecule has 1 rings (SSSR count). The van der Waals surface area contributed by atoms with Crippen molar-refractivity contribution in [2.45, 2.75) is 28.9 Å². The van der Waals surface area contributed by atoms with E-state index in [-0.39, 0.29) is 5.41 Å². The second kappa shape index (κ2) is 4.15. The maximum Gasteiger partial charge on any atom is 0.178 e. The van der Waals surface area contributed by atoms with Crippen LogP contribution in [-0.4, -0.2) is 0 Å². The molecule has 0 unspecified atom stereocenters. The van der Waals surface area contributed by atoms with E-state index in [0.717, 1.165) is 5.56 Å². The van der Waals surface area contributed by atoms with Gasteiger partial charge in [0.25, 0.3) is 0 Å². The summed E-state index contributed by atoms with van der Waals surface area (Å²) in [6, 6.07) is 8.16. The first-order valence-electron chi connectivity index (χ1n) is 4.39. The molecule has 0 nitrogen and oxygen atoms in total. The molecule has 0 saturated heterocycles. The van der Waals surface area contributed by atoms with Gasteiger partial charge in [0.1, 0.15) is 0 Å². The first-order chi connectivity index (χ1) is 6.23. The summed E-state index contributed by atoms with van der Waals surface area (Å²) in [5.74, 6) is 0. The van der Waals surface area contributed by atoms with Crippen molar-refractivity contribution >= 4 is 43.5 Å². The average molecular weight is 340 g/mol. The highest BCUT2D eigenvalue weighted by Crippen LogP contribution is 2.46. The molecule has 78 valence electrons. The Morgan fingerprint density at radius 2 is 1.43 bits per heavy atom. The lowest BCUT2D eigenvalue weighted by atomic mass is 9.84. The van der Waals surface area contributed by atoms with Crippen LogP contribution in [0.2, 0.25) is 0 Å². The molecule has 0 saturated carbocycles. The lowest BCUT2D eigenvalue weighted by Crippen LogP contribution is -2.17. The van der Waals surface area contributed by atoms with Crippen LogP contribution in [0.15, 0.2) is 24.3 Å². The Labute approximate surface area is 107 Å². The fraction of sp³-hybridized carbons (Fsp3) is 0.455. The summed E-state index contributed by atoms with van der Waals surface area (Å²) >= 11 is 13.0. The third-order valence-electron chi connectivity index (χ3n) is 2.04. The number of hydrogen-bond acceptors (Lipinski definition) is 0. The zero-order valence-corrected chi connectivity index (χ0v) is 12.4. The molecule has 0 fully saturated rings. The van der Waals surface area contributed by atoms with E-state index >= 15 is 0 Å². The summed E-state index contributed by atoms with van der Waals surface area (Å²) in [5.41, 5.74) is 2.40. The minimum atomic E-state index is -0.663. The molecule has 0 aliphatic rings. The first kappa shape index (κ1) is 12.5. The Kier molecular flexibility index (Phi) is 3.72. The van der Waals surface area contributed by atoms with E-state index in [1.807, 2.05) is 18.2 Å². The van der Waals surface area contributed by atoms with Gasteiger partial charge >= 0.3 is 0 Å². The molecule has 0 amide bonds.